The van der Waals surface area contributed by atoms with Gasteiger partial charge in [-0.3, -0.25) is 4.79 Å². The zero-order valence-corrected chi connectivity index (χ0v) is 17.3. The zero-order valence-electron chi connectivity index (χ0n) is 16.5. The minimum absolute atomic E-state index is 0.204. The lowest BCUT2D eigenvalue weighted by Gasteiger charge is -2.19. The van der Waals surface area contributed by atoms with Crippen LogP contribution in [-0.2, 0) is 16.0 Å². The van der Waals surface area contributed by atoms with Gasteiger partial charge < -0.3 is 24.1 Å². The first-order valence-corrected chi connectivity index (χ1v) is 10.5. The van der Waals surface area contributed by atoms with Gasteiger partial charge in [0.1, 0.15) is 11.2 Å². The van der Waals surface area contributed by atoms with Gasteiger partial charge in [-0.05, 0) is 49.0 Å². The predicted octanol–water partition coefficient (Wildman–Crippen LogP) is 2.08. The van der Waals surface area contributed by atoms with E-state index in [1.165, 1.54) is 0 Å². The molecule has 0 aliphatic carbocycles. The van der Waals surface area contributed by atoms with E-state index in [2.05, 4.69) is 5.32 Å². The van der Waals surface area contributed by atoms with Crippen molar-refractivity contribution in [1.82, 2.24) is 5.32 Å². The maximum Gasteiger partial charge on any atom is 0.340 e. The number of carbonyl (C=O) groups excluding carboxylic acids is 2. The molecule has 0 radical (unpaired) electrons. The number of aliphatic carboxylic acids is 1. The lowest BCUT2D eigenvalue weighted by atomic mass is 10.0. The van der Waals surface area contributed by atoms with Crippen molar-refractivity contribution in [3.8, 4) is 0 Å². The fourth-order valence-corrected chi connectivity index (χ4v) is 3.93. The minimum Gasteiger partial charge on any atom is -0.548 e. The van der Waals surface area contributed by atoms with Gasteiger partial charge in [-0.15, -0.1) is 0 Å². The van der Waals surface area contributed by atoms with Crippen LogP contribution in [0, 0.1) is 13.8 Å². The number of aryl methyl sites for hydroxylation is 2. The molecule has 1 atom stereocenters. The van der Waals surface area contributed by atoms with E-state index in [0.717, 1.165) is 16.7 Å². The van der Waals surface area contributed by atoms with Gasteiger partial charge in [0.15, 0.2) is 0 Å². The molecule has 8 heteroatoms. The molecular weight excluding hydrogens is 394 g/mol. The smallest absolute Gasteiger partial charge is 0.340 e. The fraction of sp³-hybridized carbons (Fsp3) is 0.381. The predicted molar refractivity (Wildman–Crippen MR) is 110 cm³/mol. The van der Waals surface area contributed by atoms with E-state index in [0.29, 0.717) is 27.9 Å². The van der Waals surface area contributed by atoms with Crippen LogP contribution < -0.4 is 16.0 Å². The quantitative estimate of drug-likeness (QED) is 0.442. The molecule has 2 heterocycles. The molecule has 1 N–H and O–H groups in total. The Bertz CT molecular complexity index is 1130. The van der Waals surface area contributed by atoms with Crippen LogP contribution in [0.25, 0.3) is 21.9 Å². The number of furan rings is 1. The van der Waals surface area contributed by atoms with Crippen LogP contribution in [0.3, 0.4) is 0 Å². The second kappa shape index (κ2) is 8.73. The van der Waals surface area contributed by atoms with Crippen molar-refractivity contribution in [2.75, 3.05) is 11.5 Å². The van der Waals surface area contributed by atoms with Crippen molar-refractivity contribution in [2.24, 2.45) is 0 Å². The first kappa shape index (κ1) is 21.0. The Morgan fingerprint density at radius 1 is 1.21 bits per heavy atom. The number of carboxylic acid groups (broad SMARTS) is 1. The van der Waals surface area contributed by atoms with Gasteiger partial charge in [0.05, 0.1) is 30.3 Å². The van der Waals surface area contributed by atoms with Gasteiger partial charge in [0.2, 0.25) is 5.91 Å². The Morgan fingerprint density at radius 3 is 2.66 bits per heavy atom. The molecule has 3 aromatic rings. The Hall–Kier alpha value is -2.74. The number of carbonyl (C=O) groups is 2. The third-order valence-corrected chi connectivity index (χ3v) is 5.82. The number of rotatable bonds is 8. The molecule has 3 rings (SSSR count). The average molecular weight is 416 g/mol. The molecule has 1 aromatic carbocycles. The molecule has 0 saturated carbocycles. The van der Waals surface area contributed by atoms with E-state index in [1.807, 2.05) is 19.9 Å². The molecule has 154 valence electrons. The maximum absolute atomic E-state index is 12.5. The number of nitrogens with one attached hydrogen (secondary N) is 1. The van der Waals surface area contributed by atoms with Crippen molar-refractivity contribution in [3.05, 3.63) is 45.5 Å². The highest BCUT2D eigenvalue weighted by Crippen LogP contribution is 2.28. The second-order valence-electron chi connectivity index (χ2n) is 6.86. The van der Waals surface area contributed by atoms with Crippen LogP contribution >= 0.6 is 11.8 Å². The van der Waals surface area contributed by atoms with E-state index in [-0.39, 0.29) is 18.4 Å². The van der Waals surface area contributed by atoms with Crippen LogP contribution in [0.2, 0.25) is 0 Å². The Morgan fingerprint density at radius 2 is 1.97 bits per heavy atom. The Labute approximate surface area is 171 Å². The summed E-state index contributed by atoms with van der Waals surface area (Å²) in [5.41, 5.74) is 2.15. The molecule has 0 aliphatic heterocycles. The number of benzene rings is 1. The lowest BCUT2D eigenvalue weighted by Crippen LogP contribution is -2.48. The Balaban J connectivity index is 1.87. The molecule has 0 saturated heterocycles. The molecule has 29 heavy (non-hydrogen) atoms. The highest BCUT2D eigenvalue weighted by Gasteiger charge is 2.19. The number of hydrogen-bond acceptors (Lipinski definition) is 7. The first-order valence-electron chi connectivity index (χ1n) is 9.34. The average Bonchev–Trinajstić information content (AvgIpc) is 3.03. The summed E-state index contributed by atoms with van der Waals surface area (Å²) in [5.74, 6) is -0.452. The molecule has 0 bridgehead atoms. The minimum atomic E-state index is -1.34. The SMILES string of the molecule is CCSCC[C@@H](NC(=O)Cc1c(C)c2cc3c(C)coc3cc2oc1=O)C(=O)[O-]. The van der Waals surface area contributed by atoms with Gasteiger partial charge >= 0.3 is 5.63 Å². The van der Waals surface area contributed by atoms with Crippen LogP contribution in [0.4, 0.5) is 0 Å². The van der Waals surface area contributed by atoms with E-state index < -0.39 is 23.5 Å². The van der Waals surface area contributed by atoms with Gasteiger partial charge in [-0.1, -0.05) is 6.92 Å². The van der Waals surface area contributed by atoms with Crippen molar-refractivity contribution in [1.29, 1.82) is 0 Å². The molecule has 2 aromatic heterocycles. The third-order valence-electron chi connectivity index (χ3n) is 4.89. The molecule has 1 amide bonds. The van der Waals surface area contributed by atoms with E-state index in [1.54, 1.807) is 31.0 Å². The number of amides is 1. The first-order chi connectivity index (χ1) is 13.8. The summed E-state index contributed by atoms with van der Waals surface area (Å²) in [6.07, 6.45) is 1.62. The van der Waals surface area contributed by atoms with Crippen LogP contribution in [-0.4, -0.2) is 29.4 Å². The summed E-state index contributed by atoms with van der Waals surface area (Å²) in [4.78, 5) is 36.2. The van der Waals surface area contributed by atoms with Crippen molar-refractivity contribution in [3.63, 3.8) is 0 Å². The topological polar surface area (TPSA) is 113 Å². The Kier molecular flexibility index (Phi) is 6.32. The number of thioether (sulfide) groups is 1. The van der Waals surface area contributed by atoms with E-state index in [9.17, 15) is 19.5 Å². The zero-order chi connectivity index (χ0) is 21.1. The van der Waals surface area contributed by atoms with Crippen molar-refractivity contribution < 1.29 is 23.5 Å². The number of fused-ring (bicyclic) bond motifs is 2. The molecule has 0 fully saturated rings. The van der Waals surface area contributed by atoms with Crippen LogP contribution in [0.15, 0.2) is 32.0 Å². The monoisotopic (exact) mass is 416 g/mol. The maximum atomic E-state index is 12.5. The number of carboxylic acids is 1. The molecule has 0 aliphatic rings. The van der Waals surface area contributed by atoms with Gasteiger partial charge in [-0.25, -0.2) is 4.79 Å². The highest BCUT2D eigenvalue weighted by molar-refractivity contribution is 7.99. The normalized spacial score (nSPS) is 12.4. The molecular formula is C21H22NO6S-. The summed E-state index contributed by atoms with van der Waals surface area (Å²) in [6, 6.07) is 2.44. The van der Waals surface area contributed by atoms with Gasteiger partial charge in [0.25, 0.3) is 0 Å². The van der Waals surface area contributed by atoms with E-state index >= 15 is 0 Å². The molecule has 7 nitrogen and oxygen atoms in total. The summed E-state index contributed by atoms with van der Waals surface area (Å²) < 4.78 is 10.8. The van der Waals surface area contributed by atoms with Crippen LogP contribution in [0.5, 0.6) is 0 Å². The third kappa shape index (κ3) is 4.48. The summed E-state index contributed by atoms with van der Waals surface area (Å²) in [7, 11) is 0. The number of hydrogen-bond donors (Lipinski definition) is 1. The van der Waals surface area contributed by atoms with Crippen LogP contribution in [0.1, 0.15) is 30.0 Å². The largest absolute Gasteiger partial charge is 0.548 e. The van der Waals surface area contributed by atoms with Crippen molar-refractivity contribution in [2.45, 2.75) is 39.7 Å². The molecule has 0 spiro atoms. The molecule has 0 unspecified atom stereocenters. The van der Waals surface area contributed by atoms with Crippen molar-refractivity contribution >= 4 is 45.6 Å². The van der Waals surface area contributed by atoms with E-state index in [4.69, 9.17) is 8.83 Å². The highest BCUT2D eigenvalue weighted by atomic mass is 32.2. The summed E-state index contributed by atoms with van der Waals surface area (Å²) in [6.45, 7) is 5.63. The summed E-state index contributed by atoms with van der Waals surface area (Å²) >= 11 is 1.58. The van der Waals surface area contributed by atoms with Gasteiger partial charge in [0, 0.05) is 16.8 Å². The fourth-order valence-electron chi connectivity index (χ4n) is 3.24. The lowest BCUT2D eigenvalue weighted by molar-refractivity contribution is -0.308. The van der Waals surface area contributed by atoms with Gasteiger partial charge in [-0.2, -0.15) is 11.8 Å². The second-order valence-corrected chi connectivity index (χ2v) is 8.25. The standard InChI is InChI=1S/C21H23NO6S/c1-4-29-6-5-16(20(24)25)22-19(23)8-15-12(3)14-7-13-11(2)10-27-17(13)9-18(14)28-21(15)26/h7,9-10,16H,4-6,8H2,1-3H3,(H,22,23)(H,24,25)/p-1/t16-/m1/s1. The summed E-state index contributed by atoms with van der Waals surface area (Å²) in [5, 5.41) is 15.4.